The van der Waals surface area contributed by atoms with Gasteiger partial charge in [0.15, 0.2) is 0 Å². The molecule has 0 spiro atoms. The maximum absolute atomic E-state index is 12.0. The van der Waals surface area contributed by atoms with Crippen molar-refractivity contribution in [2.75, 3.05) is 26.3 Å². The van der Waals surface area contributed by atoms with E-state index in [2.05, 4.69) is 24.5 Å². The van der Waals surface area contributed by atoms with Gasteiger partial charge in [-0.25, -0.2) is 9.59 Å². The molecule has 6 heteroatoms. The van der Waals surface area contributed by atoms with E-state index in [9.17, 15) is 9.59 Å². The summed E-state index contributed by atoms with van der Waals surface area (Å²) in [5, 5.41) is 5.78. The zero-order valence-corrected chi connectivity index (χ0v) is 55.1. The first-order chi connectivity index (χ1) is 39.7. The quantitative estimate of drug-likeness (QED) is 0.0595. The number of hydrogen-bond donors (Lipinski definition) is 2. The van der Waals surface area contributed by atoms with E-state index in [0.717, 1.165) is 51.4 Å². The van der Waals surface area contributed by atoms with Crippen LogP contribution in [0.3, 0.4) is 0 Å². The molecule has 478 valence electrons. The van der Waals surface area contributed by atoms with Gasteiger partial charge in [0.1, 0.15) is 0 Å². The van der Waals surface area contributed by atoms with Crippen LogP contribution in [0.5, 0.6) is 0 Å². The van der Waals surface area contributed by atoms with E-state index in [1.165, 1.54) is 372 Å². The molecule has 2 amide bonds. The average molecular weight is 1130 g/mol. The molecule has 0 aliphatic heterocycles. The lowest BCUT2D eigenvalue weighted by molar-refractivity contribution is 0.142. The Balaban J connectivity index is 3.20. The highest BCUT2D eigenvalue weighted by Gasteiger charge is 2.05. The molecule has 0 saturated carbocycles. The van der Waals surface area contributed by atoms with Gasteiger partial charge in [-0.2, -0.15) is 0 Å². The summed E-state index contributed by atoms with van der Waals surface area (Å²) in [4.78, 5) is 24.1. The monoisotopic (exact) mass is 1130 g/mol. The van der Waals surface area contributed by atoms with E-state index in [-0.39, 0.29) is 12.2 Å². The van der Waals surface area contributed by atoms with Gasteiger partial charge in [0.05, 0.1) is 13.2 Å². The molecule has 0 saturated heterocycles. The fourth-order valence-corrected chi connectivity index (χ4v) is 12.0. The highest BCUT2D eigenvalue weighted by atomic mass is 16.6. The first-order valence-corrected chi connectivity index (χ1v) is 37.5. The second-order valence-electron chi connectivity index (χ2n) is 25.8. The molecule has 0 fully saturated rings. The third-order valence-electron chi connectivity index (χ3n) is 17.6. The lowest BCUT2D eigenvalue weighted by Gasteiger charge is -2.08. The summed E-state index contributed by atoms with van der Waals surface area (Å²) in [5.74, 6) is 0. The van der Waals surface area contributed by atoms with Crippen LogP contribution in [-0.2, 0) is 9.47 Å². The minimum absolute atomic E-state index is 0.285. The Hall–Kier alpha value is -1.46. The minimum Gasteiger partial charge on any atom is -0.450 e. The number of carbonyl (C=O) groups excluding carboxylic acids is 2. The standard InChI is InChI=1S/C74H148N2O4/c1-3-5-7-9-11-13-15-17-19-21-23-25-27-29-31-33-35-37-39-41-43-45-47-49-51-53-55-57-59-63-67-71-79-73(77)75-69-65-61-62-66-70-76-74(78)80-72-68-64-60-58-56-54-52-50-48-46-44-42-40-38-36-34-32-30-28-26-24-22-20-18-16-14-12-10-8-6-4-2/h3-72H2,1-2H3,(H,75,77)(H,76,78). The zero-order chi connectivity index (χ0) is 57.5. The summed E-state index contributed by atoms with van der Waals surface area (Å²) in [5.41, 5.74) is 0. The summed E-state index contributed by atoms with van der Waals surface area (Å²) in [6.07, 6.45) is 90.7. The van der Waals surface area contributed by atoms with Crippen LogP contribution in [-0.4, -0.2) is 38.5 Å². The molecule has 0 aromatic rings. The molecule has 80 heavy (non-hydrogen) atoms. The Bertz CT molecular complexity index is 1050. The normalized spacial score (nSPS) is 11.5. The Morgan fingerprint density at radius 3 is 0.463 bits per heavy atom. The van der Waals surface area contributed by atoms with Crippen molar-refractivity contribution in [3.63, 3.8) is 0 Å². The van der Waals surface area contributed by atoms with Gasteiger partial charge in [-0.15, -0.1) is 0 Å². The molecule has 2 N–H and O–H groups in total. The molecule has 0 bridgehead atoms. The SMILES string of the molecule is CCCCCCCCCCCCCCCCCCCCCCCCCCCCCCCCCOC(=O)NCCCCCCNC(=O)OCCCCCCCCCCCCCCCCCCCCCCCCCCCCCCCCC. The van der Waals surface area contributed by atoms with E-state index in [0.29, 0.717) is 26.3 Å². The first-order valence-electron chi connectivity index (χ1n) is 37.5. The lowest BCUT2D eigenvalue weighted by atomic mass is 10.0. The van der Waals surface area contributed by atoms with Crippen molar-refractivity contribution in [1.29, 1.82) is 0 Å². The van der Waals surface area contributed by atoms with Crippen LogP contribution in [0.2, 0.25) is 0 Å². The maximum atomic E-state index is 12.0. The molecule has 0 aromatic carbocycles. The second kappa shape index (κ2) is 73.6. The summed E-state index contributed by atoms with van der Waals surface area (Å²) >= 11 is 0. The number of rotatable bonds is 71. The highest BCUT2D eigenvalue weighted by molar-refractivity contribution is 5.67. The molecule has 0 aliphatic rings. The Labute approximate surface area is 503 Å². The zero-order valence-electron chi connectivity index (χ0n) is 55.1. The van der Waals surface area contributed by atoms with E-state index in [1.54, 1.807) is 0 Å². The molecule has 0 aromatic heterocycles. The number of amides is 2. The number of nitrogens with one attached hydrogen (secondary N) is 2. The van der Waals surface area contributed by atoms with Gasteiger partial charge in [0, 0.05) is 13.1 Å². The van der Waals surface area contributed by atoms with E-state index in [4.69, 9.17) is 9.47 Å². The van der Waals surface area contributed by atoms with Gasteiger partial charge >= 0.3 is 12.2 Å². The highest BCUT2D eigenvalue weighted by Crippen LogP contribution is 2.20. The van der Waals surface area contributed by atoms with E-state index < -0.39 is 0 Å². The van der Waals surface area contributed by atoms with Gasteiger partial charge < -0.3 is 20.1 Å². The van der Waals surface area contributed by atoms with Gasteiger partial charge in [-0.3, -0.25) is 0 Å². The van der Waals surface area contributed by atoms with Crippen LogP contribution in [0.25, 0.3) is 0 Å². The molecule has 6 nitrogen and oxygen atoms in total. The van der Waals surface area contributed by atoms with Gasteiger partial charge in [0.25, 0.3) is 0 Å². The van der Waals surface area contributed by atoms with Crippen LogP contribution < -0.4 is 10.6 Å². The van der Waals surface area contributed by atoms with Crippen molar-refractivity contribution in [1.82, 2.24) is 10.6 Å². The summed E-state index contributed by atoms with van der Waals surface area (Å²) in [6.45, 7) is 6.95. The van der Waals surface area contributed by atoms with E-state index in [1.807, 2.05) is 0 Å². The summed E-state index contributed by atoms with van der Waals surface area (Å²) in [7, 11) is 0. The number of hydrogen-bond acceptors (Lipinski definition) is 4. The smallest absolute Gasteiger partial charge is 0.407 e. The third kappa shape index (κ3) is 72.6. The molecule has 0 aliphatic carbocycles. The van der Waals surface area contributed by atoms with Crippen molar-refractivity contribution in [3.05, 3.63) is 0 Å². The second-order valence-corrected chi connectivity index (χ2v) is 25.8. The van der Waals surface area contributed by atoms with Crippen molar-refractivity contribution >= 4 is 12.2 Å². The number of carbonyl (C=O) groups is 2. The van der Waals surface area contributed by atoms with Crippen LogP contribution in [0, 0.1) is 0 Å². The maximum Gasteiger partial charge on any atom is 0.407 e. The fourth-order valence-electron chi connectivity index (χ4n) is 12.0. The number of alkyl carbamates (subject to hydrolysis) is 2. The Morgan fingerprint density at radius 2 is 0.312 bits per heavy atom. The van der Waals surface area contributed by atoms with Gasteiger partial charge in [-0.1, -0.05) is 412 Å². The molecular weight excluding hydrogens is 981 g/mol. The minimum atomic E-state index is -0.285. The van der Waals surface area contributed by atoms with Crippen LogP contribution in [0.1, 0.15) is 438 Å². The number of ether oxygens (including phenoxy) is 2. The predicted octanol–water partition coefficient (Wildman–Crippen LogP) is 26.2. The summed E-state index contributed by atoms with van der Waals surface area (Å²) < 4.78 is 10.8. The Kier molecular flexibility index (Phi) is 72.3. The van der Waals surface area contributed by atoms with Crippen LogP contribution in [0.4, 0.5) is 9.59 Å². The molecule has 0 rings (SSSR count). The predicted molar refractivity (Wildman–Crippen MR) is 355 cm³/mol. The Morgan fingerprint density at radius 1 is 0.188 bits per heavy atom. The third-order valence-corrected chi connectivity index (χ3v) is 17.6. The molecule has 0 radical (unpaired) electrons. The van der Waals surface area contributed by atoms with Crippen molar-refractivity contribution < 1.29 is 19.1 Å². The summed E-state index contributed by atoms with van der Waals surface area (Å²) in [6, 6.07) is 0. The first kappa shape index (κ1) is 78.5. The van der Waals surface area contributed by atoms with Crippen molar-refractivity contribution in [2.24, 2.45) is 0 Å². The average Bonchev–Trinajstić information content (AvgIpc) is 3.46. The topological polar surface area (TPSA) is 76.7 Å². The van der Waals surface area contributed by atoms with Gasteiger partial charge in [0.2, 0.25) is 0 Å². The van der Waals surface area contributed by atoms with Crippen molar-refractivity contribution in [3.8, 4) is 0 Å². The fraction of sp³-hybridized carbons (Fsp3) is 0.973. The molecular formula is C74H148N2O4. The van der Waals surface area contributed by atoms with Crippen LogP contribution >= 0.6 is 0 Å². The van der Waals surface area contributed by atoms with E-state index >= 15 is 0 Å². The lowest BCUT2D eigenvalue weighted by Crippen LogP contribution is -2.26. The molecule has 0 unspecified atom stereocenters. The van der Waals surface area contributed by atoms with Crippen LogP contribution in [0.15, 0.2) is 0 Å². The largest absolute Gasteiger partial charge is 0.450 e. The molecule has 0 heterocycles. The molecule has 0 atom stereocenters. The van der Waals surface area contributed by atoms with Crippen molar-refractivity contribution in [2.45, 2.75) is 438 Å². The number of unbranched alkanes of at least 4 members (excludes halogenated alkanes) is 63. The van der Waals surface area contributed by atoms with Gasteiger partial charge in [-0.05, 0) is 25.7 Å².